The Labute approximate surface area is 169 Å². The van der Waals surface area contributed by atoms with Crippen LogP contribution in [0.1, 0.15) is 12.5 Å². The number of halogens is 2. The van der Waals surface area contributed by atoms with Crippen molar-refractivity contribution in [1.29, 1.82) is 0 Å². The Hall–Kier alpha value is -2.19. The molecular formula is C19H18BrFN4OS. The number of carbonyl (C=O) groups is 1. The fourth-order valence-electron chi connectivity index (χ4n) is 2.59. The molecule has 1 amide bonds. The summed E-state index contributed by atoms with van der Waals surface area (Å²) < 4.78 is 16.4. The van der Waals surface area contributed by atoms with E-state index in [0.717, 1.165) is 17.0 Å². The third-order valence-corrected chi connectivity index (χ3v) is 5.31. The van der Waals surface area contributed by atoms with Crippen molar-refractivity contribution >= 4 is 39.3 Å². The number of carbonyl (C=O) groups excluding carboxylic acids is 1. The summed E-state index contributed by atoms with van der Waals surface area (Å²) in [6.45, 7) is 4.71. The van der Waals surface area contributed by atoms with E-state index < -0.39 is 5.82 Å². The molecule has 140 valence electrons. The van der Waals surface area contributed by atoms with Gasteiger partial charge in [-0.25, -0.2) is 4.39 Å². The van der Waals surface area contributed by atoms with Crippen LogP contribution < -0.4 is 5.32 Å². The lowest BCUT2D eigenvalue weighted by Crippen LogP contribution is -2.15. The molecule has 3 aromatic rings. The van der Waals surface area contributed by atoms with Crippen molar-refractivity contribution < 1.29 is 9.18 Å². The van der Waals surface area contributed by atoms with E-state index in [1.807, 2.05) is 42.7 Å². The number of hydrogen-bond acceptors (Lipinski definition) is 4. The Balaban J connectivity index is 1.70. The zero-order valence-corrected chi connectivity index (χ0v) is 17.3. The van der Waals surface area contributed by atoms with Gasteiger partial charge in [0.2, 0.25) is 5.91 Å². The SMILES string of the molecule is CCn1c(SCC(=O)Nc2ccc(Br)cc2F)nnc1-c1cccc(C)c1. The molecular weight excluding hydrogens is 431 g/mol. The quantitative estimate of drug-likeness (QED) is 0.544. The van der Waals surface area contributed by atoms with Crippen molar-refractivity contribution in [3.63, 3.8) is 0 Å². The number of anilines is 1. The van der Waals surface area contributed by atoms with Gasteiger partial charge in [-0.3, -0.25) is 4.79 Å². The predicted molar refractivity (Wildman–Crippen MR) is 109 cm³/mol. The van der Waals surface area contributed by atoms with Crippen LogP contribution in [0.5, 0.6) is 0 Å². The van der Waals surface area contributed by atoms with Crippen LogP contribution in [0.2, 0.25) is 0 Å². The van der Waals surface area contributed by atoms with Crippen LogP contribution in [0, 0.1) is 12.7 Å². The first kappa shape index (κ1) is 19.6. The molecule has 8 heteroatoms. The van der Waals surface area contributed by atoms with Crippen molar-refractivity contribution in [3.8, 4) is 11.4 Å². The van der Waals surface area contributed by atoms with Crippen LogP contribution in [0.25, 0.3) is 11.4 Å². The lowest BCUT2D eigenvalue weighted by molar-refractivity contribution is -0.113. The lowest BCUT2D eigenvalue weighted by Gasteiger charge is -2.09. The fourth-order valence-corrected chi connectivity index (χ4v) is 3.72. The summed E-state index contributed by atoms with van der Waals surface area (Å²) in [4.78, 5) is 12.2. The highest BCUT2D eigenvalue weighted by atomic mass is 79.9. The van der Waals surface area contributed by atoms with Gasteiger partial charge in [-0.1, -0.05) is 51.5 Å². The van der Waals surface area contributed by atoms with E-state index in [-0.39, 0.29) is 17.3 Å². The topological polar surface area (TPSA) is 59.8 Å². The van der Waals surface area contributed by atoms with Crippen molar-refractivity contribution in [1.82, 2.24) is 14.8 Å². The van der Waals surface area contributed by atoms with E-state index in [1.54, 1.807) is 6.07 Å². The summed E-state index contributed by atoms with van der Waals surface area (Å²) in [6.07, 6.45) is 0. The fraction of sp³-hybridized carbons (Fsp3) is 0.211. The molecule has 0 unspecified atom stereocenters. The van der Waals surface area contributed by atoms with Gasteiger partial charge >= 0.3 is 0 Å². The summed E-state index contributed by atoms with van der Waals surface area (Å²) in [7, 11) is 0. The van der Waals surface area contributed by atoms with Gasteiger partial charge in [0, 0.05) is 16.6 Å². The molecule has 1 heterocycles. The molecule has 0 bridgehead atoms. The molecule has 0 saturated heterocycles. The van der Waals surface area contributed by atoms with Crippen LogP contribution in [-0.4, -0.2) is 26.4 Å². The van der Waals surface area contributed by atoms with Gasteiger partial charge in [0.15, 0.2) is 11.0 Å². The zero-order chi connectivity index (χ0) is 19.4. The average Bonchev–Trinajstić information content (AvgIpc) is 3.05. The molecule has 1 aromatic heterocycles. The van der Waals surface area contributed by atoms with Gasteiger partial charge in [-0.2, -0.15) is 0 Å². The Morgan fingerprint density at radius 3 is 2.78 bits per heavy atom. The van der Waals surface area contributed by atoms with Crippen LogP contribution >= 0.6 is 27.7 Å². The molecule has 0 atom stereocenters. The van der Waals surface area contributed by atoms with E-state index in [2.05, 4.69) is 31.4 Å². The standard InChI is InChI=1S/C19H18BrFN4OS/c1-3-25-18(13-6-4-5-12(2)9-13)23-24-19(25)27-11-17(26)22-16-8-7-14(20)10-15(16)21/h4-10H,3,11H2,1-2H3,(H,22,26). The minimum absolute atomic E-state index is 0.113. The Bertz CT molecular complexity index is 976. The Morgan fingerprint density at radius 2 is 2.07 bits per heavy atom. The molecule has 0 aliphatic heterocycles. The van der Waals surface area contributed by atoms with Crippen molar-refractivity contribution in [2.45, 2.75) is 25.5 Å². The van der Waals surface area contributed by atoms with Gasteiger partial charge in [-0.05, 0) is 38.1 Å². The maximum atomic E-state index is 13.8. The van der Waals surface area contributed by atoms with E-state index in [4.69, 9.17) is 0 Å². The molecule has 27 heavy (non-hydrogen) atoms. The van der Waals surface area contributed by atoms with Gasteiger partial charge < -0.3 is 9.88 Å². The summed E-state index contributed by atoms with van der Waals surface area (Å²) in [6, 6.07) is 12.5. The van der Waals surface area contributed by atoms with Crippen molar-refractivity contribution in [2.75, 3.05) is 11.1 Å². The third-order valence-electron chi connectivity index (χ3n) is 3.85. The number of nitrogens with zero attached hydrogens (tertiary/aromatic N) is 3. The molecule has 3 rings (SSSR count). The van der Waals surface area contributed by atoms with Gasteiger partial charge in [0.25, 0.3) is 0 Å². The number of rotatable bonds is 6. The van der Waals surface area contributed by atoms with Crippen LogP contribution in [0.4, 0.5) is 10.1 Å². The first-order chi connectivity index (χ1) is 13.0. The second-order valence-electron chi connectivity index (χ2n) is 5.88. The number of benzene rings is 2. The zero-order valence-electron chi connectivity index (χ0n) is 14.9. The monoisotopic (exact) mass is 448 g/mol. The molecule has 0 spiro atoms. The summed E-state index contributed by atoms with van der Waals surface area (Å²) in [5.41, 5.74) is 2.28. The maximum absolute atomic E-state index is 13.8. The van der Waals surface area contributed by atoms with E-state index in [1.165, 1.54) is 23.9 Å². The summed E-state index contributed by atoms with van der Waals surface area (Å²) >= 11 is 4.46. The molecule has 2 aromatic carbocycles. The molecule has 0 aliphatic rings. The highest BCUT2D eigenvalue weighted by Crippen LogP contribution is 2.25. The minimum atomic E-state index is -0.485. The summed E-state index contributed by atoms with van der Waals surface area (Å²) in [5.74, 6) is 0.0924. The predicted octanol–water partition coefficient (Wildman–Crippen LogP) is 4.91. The van der Waals surface area contributed by atoms with Crippen molar-refractivity contribution in [3.05, 3.63) is 58.3 Å². The number of hydrogen-bond donors (Lipinski definition) is 1. The molecule has 0 radical (unpaired) electrons. The van der Waals surface area contributed by atoms with E-state index >= 15 is 0 Å². The largest absolute Gasteiger partial charge is 0.323 e. The first-order valence-corrected chi connectivity index (χ1v) is 10.1. The van der Waals surface area contributed by atoms with Gasteiger partial charge in [0.1, 0.15) is 5.82 Å². The molecule has 5 nitrogen and oxygen atoms in total. The number of nitrogens with one attached hydrogen (secondary N) is 1. The van der Waals surface area contributed by atoms with Gasteiger partial charge in [0.05, 0.1) is 11.4 Å². The van der Waals surface area contributed by atoms with E-state index in [0.29, 0.717) is 16.2 Å². The third kappa shape index (κ3) is 4.75. The minimum Gasteiger partial charge on any atom is -0.323 e. The first-order valence-electron chi connectivity index (χ1n) is 8.36. The summed E-state index contributed by atoms with van der Waals surface area (Å²) in [5, 5.41) is 11.7. The Morgan fingerprint density at radius 1 is 1.26 bits per heavy atom. The Kier molecular flexibility index (Phi) is 6.28. The second-order valence-corrected chi connectivity index (χ2v) is 7.74. The van der Waals surface area contributed by atoms with Gasteiger partial charge in [-0.15, -0.1) is 10.2 Å². The number of aryl methyl sites for hydroxylation is 1. The van der Waals surface area contributed by atoms with Crippen LogP contribution in [0.3, 0.4) is 0 Å². The lowest BCUT2D eigenvalue weighted by atomic mass is 10.1. The van der Waals surface area contributed by atoms with Crippen LogP contribution in [-0.2, 0) is 11.3 Å². The highest BCUT2D eigenvalue weighted by molar-refractivity contribution is 9.10. The molecule has 0 fully saturated rings. The average molecular weight is 449 g/mol. The van der Waals surface area contributed by atoms with Crippen LogP contribution in [0.15, 0.2) is 52.1 Å². The number of thioether (sulfide) groups is 1. The van der Waals surface area contributed by atoms with E-state index in [9.17, 15) is 9.18 Å². The molecule has 1 N–H and O–H groups in total. The smallest absolute Gasteiger partial charge is 0.234 e. The molecule has 0 aliphatic carbocycles. The molecule has 0 saturated carbocycles. The second kappa shape index (κ2) is 8.67. The number of amides is 1. The number of aromatic nitrogens is 3. The van der Waals surface area contributed by atoms with Crippen molar-refractivity contribution in [2.24, 2.45) is 0 Å². The highest BCUT2D eigenvalue weighted by Gasteiger charge is 2.15. The maximum Gasteiger partial charge on any atom is 0.234 e. The normalized spacial score (nSPS) is 10.8.